The minimum absolute atomic E-state index is 0.398. The molecule has 1 N–H and O–H groups in total. The Morgan fingerprint density at radius 2 is 1.85 bits per heavy atom. The van der Waals surface area contributed by atoms with Crippen LogP contribution in [0.4, 0.5) is 0 Å². The SMILES string of the molecule is O=C(O)C1(Cn2nnnc2C2CCCCCCC2)CC1. The van der Waals surface area contributed by atoms with Gasteiger partial charge in [0, 0.05) is 5.92 Å². The highest BCUT2D eigenvalue weighted by molar-refractivity contribution is 5.77. The molecule has 2 saturated carbocycles. The van der Waals surface area contributed by atoms with Gasteiger partial charge in [0.05, 0.1) is 12.0 Å². The number of carboxylic acids is 1. The second-order valence-electron chi connectivity index (χ2n) is 6.32. The average Bonchev–Trinajstić information content (AvgIpc) is 3.02. The molecule has 0 saturated heterocycles. The summed E-state index contributed by atoms with van der Waals surface area (Å²) in [6.45, 7) is 0.432. The molecule has 0 aromatic carbocycles. The maximum absolute atomic E-state index is 11.3. The summed E-state index contributed by atoms with van der Waals surface area (Å²) in [6, 6.07) is 0. The van der Waals surface area contributed by atoms with E-state index in [1.807, 2.05) is 0 Å². The molecule has 0 spiro atoms. The lowest BCUT2D eigenvalue weighted by Gasteiger charge is -2.19. The van der Waals surface area contributed by atoms with Gasteiger partial charge >= 0.3 is 5.97 Å². The molecule has 0 unspecified atom stereocenters. The van der Waals surface area contributed by atoms with Crippen molar-refractivity contribution in [2.24, 2.45) is 5.41 Å². The first-order valence-electron chi connectivity index (χ1n) is 7.71. The van der Waals surface area contributed by atoms with Crippen LogP contribution in [0, 0.1) is 5.41 Å². The number of rotatable bonds is 4. The van der Waals surface area contributed by atoms with Crippen LogP contribution in [0.2, 0.25) is 0 Å². The Kier molecular flexibility index (Phi) is 3.72. The van der Waals surface area contributed by atoms with Crippen LogP contribution < -0.4 is 0 Å². The van der Waals surface area contributed by atoms with E-state index in [1.165, 1.54) is 32.1 Å². The summed E-state index contributed by atoms with van der Waals surface area (Å²) in [6.07, 6.45) is 10.1. The van der Waals surface area contributed by atoms with Gasteiger partial charge in [-0.15, -0.1) is 5.10 Å². The van der Waals surface area contributed by atoms with Crippen LogP contribution >= 0.6 is 0 Å². The molecule has 110 valence electrons. The topological polar surface area (TPSA) is 80.9 Å². The van der Waals surface area contributed by atoms with Gasteiger partial charge in [0.1, 0.15) is 0 Å². The van der Waals surface area contributed by atoms with E-state index in [1.54, 1.807) is 4.68 Å². The van der Waals surface area contributed by atoms with E-state index in [0.717, 1.165) is 31.5 Å². The van der Waals surface area contributed by atoms with Gasteiger partial charge in [-0.3, -0.25) is 4.79 Å². The maximum Gasteiger partial charge on any atom is 0.311 e. The molecule has 0 atom stereocenters. The highest BCUT2D eigenvalue weighted by atomic mass is 16.4. The Bertz CT molecular complexity index is 473. The van der Waals surface area contributed by atoms with Gasteiger partial charge in [-0.25, -0.2) is 4.68 Å². The lowest BCUT2D eigenvalue weighted by Crippen LogP contribution is -2.24. The lowest BCUT2D eigenvalue weighted by molar-refractivity contribution is -0.144. The largest absolute Gasteiger partial charge is 0.481 e. The van der Waals surface area contributed by atoms with E-state index < -0.39 is 11.4 Å². The number of carboxylic acid groups (broad SMARTS) is 1. The van der Waals surface area contributed by atoms with Crippen molar-refractivity contribution in [3.63, 3.8) is 0 Å². The van der Waals surface area contributed by atoms with E-state index in [9.17, 15) is 9.90 Å². The monoisotopic (exact) mass is 278 g/mol. The fourth-order valence-corrected chi connectivity index (χ4v) is 3.21. The van der Waals surface area contributed by atoms with Crippen LogP contribution in [-0.2, 0) is 11.3 Å². The number of carbonyl (C=O) groups is 1. The lowest BCUT2D eigenvalue weighted by atomic mass is 9.90. The zero-order valence-corrected chi connectivity index (χ0v) is 11.8. The van der Waals surface area contributed by atoms with Crippen LogP contribution in [0.25, 0.3) is 0 Å². The molecule has 2 fully saturated rings. The van der Waals surface area contributed by atoms with Crippen LogP contribution in [0.5, 0.6) is 0 Å². The van der Waals surface area contributed by atoms with Crippen LogP contribution in [-0.4, -0.2) is 31.3 Å². The molecule has 6 heteroatoms. The Balaban J connectivity index is 1.73. The van der Waals surface area contributed by atoms with Crippen molar-refractivity contribution < 1.29 is 9.90 Å². The molecular weight excluding hydrogens is 256 g/mol. The quantitative estimate of drug-likeness (QED) is 0.914. The molecule has 20 heavy (non-hydrogen) atoms. The number of nitrogens with zero attached hydrogens (tertiary/aromatic N) is 4. The van der Waals surface area contributed by atoms with Crippen molar-refractivity contribution in [1.29, 1.82) is 0 Å². The first-order valence-corrected chi connectivity index (χ1v) is 7.71. The Morgan fingerprint density at radius 1 is 1.20 bits per heavy atom. The van der Waals surface area contributed by atoms with Crippen molar-refractivity contribution in [3.8, 4) is 0 Å². The summed E-state index contributed by atoms with van der Waals surface area (Å²) in [5.74, 6) is 0.589. The molecule has 2 aliphatic rings. The van der Waals surface area contributed by atoms with E-state index in [-0.39, 0.29) is 0 Å². The third kappa shape index (κ3) is 2.69. The maximum atomic E-state index is 11.3. The first-order chi connectivity index (χ1) is 9.71. The molecule has 2 aliphatic carbocycles. The van der Waals surface area contributed by atoms with Crippen LogP contribution in [0.1, 0.15) is 69.5 Å². The predicted molar refractivity (Wildman–Crippen MR) is 72.2 cm³/mol. The summed E-state index contributed by atoms with van der Waals surface area (Å²) < 4.78 is 1.76. The first kappa shape index (κ1) is 13.5. The van der Waals surface area contributed by atoms with Crippen molar-refractivity contribution in [2.45, 2.75) is 70.3 Å². The summed E-state index contributed by atoms with van der Waals surface area (Å²) in [7, 11) is 0. The van der Waals surface area contributed by atoms with Crippen LogP contribution in [0.3, 0.4) is 0 Å². The zero-order chi connectivity index (χ0) is 14.0. The minimum Gasteiger partial charge on any atom is -0.481 e. The molecule has 6 nitrogen and oxygen atoms in total. The Morgan fingerprint density at radius 3 is 2.45 bits per heavy atom. The standard InChI is InChI=1S/C14H22N4O2/c19-13(20)14(8-9-14)10-18-12(15-16-17-18)11-6-4-2-1-3-5-7-11/h11H,1-10H2,(H,19,20). The molecule has 0 amide bonds. The average molecular weight is 278 g/mol. The number of hydrogen-bond acceptors (Lipinski definition) is 4. The second kappa shape index (κ2) is 5.50. The highest BCUT2D eigenvalue weighted by Crippen LogP contribution is 2.47. The summed E-state index contributed by atoms with van der Waals surface area (Å²) in [5.41, 5.74) is -0.605. The number of aromatic nitrogens is 4. The zero-order valence-electron chi connectivity index (χ0n) is 11.8. The van der Waals surface area contributed by atoms with E-state index in [0.29, 0.717) is 12.5 Å². The molecule has 1 aromatic heterocycles. The van der Waals surface area contributed by atoms with Gasteiger partial charge in [-0.1, -0.05) is 32.1 Å². The number of hydrogen-bond donors (Lipinski definition) is 1. The van der Waals surface area contributed by atoms with Gasteiger partial charge in [0.25, 0.3) is 0 Å². The summed E-state index contributed by atoms with van der Waals surface area (Å²) in [4.78, 5) is 11.3. The van der Waals surface area contributed by atoms with Crippen molar-refractivity contribution in [3.05, 3.63) is 5.82 Å². The fourth-order valence-electron chi connectivity index (χ4n) is 3.21. The Labute approximate surface area is 118 Å². The molecule has 1 heterocycles. The second-order valence-corrected chi connectivity index (χ2v) is 6.32. The normalized spacial score (nSPS) is 23.0. The minimum atomic E-state index is -0.711. The van der Waals surface area contributed by atoms with Gasteiger partial charge in [-0.2, -0.15) is 0 Å². The third-order valence-electron chi connectivity index (χ3n) is 4.79. The van der Waals surface area contributed by atoms with Gasteiger partial charge < -0.3 is 5.11 Å². The number of tetrazole rings is 1. The Hall–Kier alpha value is -1.46. The smallest absolute Gasteiger partial charge is 0.311 e. The van der Waals surface area contributed by atoms with E-state index in [2.05, 4.69) is 15.5 Å². The van der Waals surface area contributed by atoms with Gasteiger partial charge in [0.2, 0.25) is 0 Å². The third-order valence-corrected chi connectivity index (χ3v) is 4.79. The van der Waals surface area contributed by atoms with E-state index >= 15 is 0 Å². The summed E-state index contributed by atoms with van der Waals surface area (Å²) >= 11 is 0. The molecule has 1 aromatic rings. The fraction of sp³-hybridized carbons (Fsp3) is 0.857. The number of aliphatic carboxylic acids is 1. The van der Waals surface area contributed by atoms with Gasteiger partial charge in [-0.05, 0) is 36.1 Å². The highest BCUT2D eigenvalue weighted by Gasteiger charge is 2.51. The predicted octanol–water partition coefficient (Wildman–Crippen LogP) is 2.37. The van der Waals surface area contributed by atoms with Gasteiger partial charge in [0.15, 0.2) is 5.82 Å². The summed E-state index contributed by atoms with van der Waals surface area (Å²) in [5, 5.41) is 21.3. The molecular formula is C14H22N4O2. The molecule has 0 radical (unpaired) electrons. The molecule has 0 aliphatic heterocycles. The van der Waals surface area contributed by atoms with Crippen molar-refractivity contribution >= 4 is 5.97 Å². The molecule has 0 bridgehead atoms. The van der Waals surface area contributed by atoms with E-state index in [4.69, 9.17) is 0 Å². The van der Waals surface area contributed by atoms with Crippen molar-refractivity contribution in [2.75, 3.05) is 0 Å². The van der Waals surface area contributed by atoms with Crippen LogP contribution in [0.15, 0.2) is 0 Å². The van der Waals surface area contributed by atoms with Crippen molar-refractivity contribution in [1.82, 2.24) is 20.2 Å². The molecule has 3 rings (SSSR count).